The number of carbonyl (C=O) groups excluding carboxylic acids is 1. The van der Waals surface area contributed by atoms with Gasteiger partial charge in [0.25, 0.3) is 0 Å². The lowest BCUT2D eigenvalue weighted by Crippen LogP contribution is -2.33. The summed E-state index contributed by atoms with van der Waals surface area (Å²) in [4.78, 5) is 12.1. The Morgan fingerprint density at radius 1 is 1.47 bits per heavy atom. The molecule has 94 valence electrons. The topological polar surface area (TPSA) is 55.1 Å². The first-order valence-corrected chi connectivity index (χ1v) is 6.03. The van der Waals surface area contributed by atoms with Crippen molar-refractivity contribution in [2.75, 3.05) is 11.9 Å². The van der Waals surface area contributed by atoms with E-state index >= 15 is 0 Å². The zero-order valence-corrected chi connectivity index (χ0v) is 11.3. The monoisotopic (exact) mass is 254 g/mol. The third kappa shape index (κ3) is 3.45. The summed E-state index contributed by atoms with van der Waals surface area (Å²) in [5.74, 6) is -0.0340. The average Bonchev–Trinajstić information content (AvgIpc) is 2.24. The number of hydrogen-bond acceptors (Lipinski definition) is 2. The second kappa shape index (κ2) is 5.52. The third-order valence-electron chi connectivity index (χ3n) is 2.90. The van der Waals surface area contributed by atoms with E-state index in [1.807, 2.05) is 32.9 Å². The summed E-state index contributed by atoms with van der Waals surface area (Å²) >= 11 is 6.00. The molecule has 1 aromatic carbocycles. The summed E-state index contributed by atoms with van der Waals surface area (Å²) in [6, 6.07) is 5.47. The van der Waals surface area contributed by atoms with Crippen LogP contribution in [0.25, 0.3) is 0 Å². The number of rotatable bonds is 4. The van der Waals surface area contributed by atoms with Crippen LogP contribution in [-0.4, -0.2) is 12.5 Å². The Hall–Kier alpha value is -1.06. The SMILES string of the molecule is Cc1c(Cl)cccc1NC(=O)C(C)(C)CCN. The van der Waals surface area contributed by atoms with Crippen LogP contribution in [0, 0.1) is 12.3 Å². The molecule has 1 rings (SSSR count). The van der Waals surface area contributed by atoms with Gasteiger partial charge in [0.15, 0.2) is 0 Å². The van der Waals surface area contributed by atoms with Crippen LogP contribution >= 0.6 is 11.6 Å². The summed E-state index contributed by atoms with van der Waals surface area (Å²) in [7, 11) is 0. The van der Waals surface area contributed by atoms with Crippen molar-refractivity contribution in [3.8, 4) is 0 Å². The van der Waals surface area contributed by atoms with Crippen LogP contribution in [0.4, 0.5) is 5.69 Å². The molecular formula is C13H19ClN2O. The van der Waals surface area contributed by atoms with Gasteiger partial charge in [0.1, 0.15) is 0 Å². The van der Waals surface area contributed by atoms with Gasteiger partial charge in [-0.15, -0.1) is 0 Å². The molecule has 0 saturated heterocycles. The second-order valence-electron chi connectivity index (χ2n) is 4.79. The fourth-order valence-corrected chi connectivity index (χ4v) is 1.68. The maximum atomic E-state index is 12.1. The molecule has 0 aliphatic carbocycles. The van der Waals surface area contributed by atoms with Gasteiger partial charge in [0, 0.05) is 16.1 Å². The highest BCUT2D eigenvalue weighted by Gasteiger charge is 2.26. The van der Waals surface area contributed by atoms with Crippen molar-refractivity contribution >= 4 is 23.2 Å². The number of hydrogen-bond donors (Lipinski definition) is 2. The zero-order valence-electron chi connectivity index (χ0n) is 10.5. The Balaban J connectivity index is 2.85. The first-order chi connectivity index (χ1) is 7.88. The first-order valence-electron chi connectivity index (χ1n) is 5.65. The minimum atomic E-state index is -0.469. The molecule has 17 heavy (non-hydrogen) atoms. The molecule has 0 saturated carbocycles. The van der Waals surface area contributed by atoms with Crippen molar-refractivity contribution in [2.45, 2.75) is 27.2 Å². The number of nitrogens with one attached hydrogen (secondary N) is 1. The summed E-state index contributed by atoms with van der Waals surface area (Å²) < 4.78 is 0. The molecule has 0 aromatic heterocycles. The molecule has 0 unspecified atom stereocenters. The van der Waals surface area contributed by atoms with Crippen LogP contribution in [0.15, 0.2) is 18.2 Å². The van der Waals surface area contributed by atoms with Crippen LogP contribution in [0.3, 0.4) is 0 Å². The number of benzene rings is 1. The van der Waals surface area contributed by atoms with Gasteiger partial charge in [-0.25, -0.2) is 0 Å². The maximum absolute atomic E-state index is 12.1. The van der Waals surface area contributed by atoms with Crippen molar-refractivity contribution in [3.63, 3.8) is 0 Å². The van der Waals surface area contributed by atoms with Gasteiger partial charge in [0.05, 0.1) is 0 Å². The van der Waals surface area contributed by atoms with Gasteiger partial charge < -0.3 is 11.1 Å². The van der Waals surface area contributed by atoms with E-state index in [0.717, 1.165) is 11.3 Å². The van der Waals surface area contributed by atoms with E-state index < -0.39 is 5.41 Å². The Labute approximate surface area is 107 Å². The molecule has 0 heterocycles. The average molecular weight is 255 g/mol. The molecule has 0 spiro atoms. The Kier molecular flexibility index (Phi) is 4.54. The van der Waals surface area contributed by atoms with E-state index in [9.17, 15) is 4.79 Å². The van der Waals surface area contributed by atoms with Crippen LogP contribution in [-0.2, 0) is 4.79 Å². The van der Waals surface area contributed by atoms with Gasteiger partial charge in [-0.3, -0.25) is 4.79 Å². The molecule has 0 atom stereocenters. The lowest BCUT2D eigenvalue weighted by Gasteiger charge is -2.23. The van der Waals surface area contributed by atoms with Gasteiger partial charge >= 0.3 is 0 Å². The Morgan fingerprint density at radius 3 is 2.71 bits per heavy atom. The highest BCUT2D eigenvalue weighted by molar-refractivity contribution is 6.31. The summed E-state index contributed by atoms with van der Waals surface area (Å²) in [6.07, 6.45) is 0.651. The molecule has 3 nitrogen and oxygen atoms in total. The quantitative estimate of drug-likeness (QED) is 0.868. The molecule has 3 N–H and O–H groups in total. The molecule has 0 aliphatic rings. The number of nitrogens with two attached hydrogens (primary N) is 1. The number of amides is 1. The van der Waals surface area contributed by atoms with E-state index in [1.165, 1.54) is 0 Å². The lowest BCUT2D eigenvalue weighted by molar-refractivity contribution is -0.124. The maximum Gasteiger partial charge on any atom is 0.230 e. The smallest absolute Gasteiger partial charge is 0.230 e. The van der Waals surface area contributed by atoms with E-state index in [4.69, 9.17) is 17.3 Å². The molecule has 4 heteroatoms. The minimum Gasteiger partial charge on any atom is -0.330 e. The van der Waals surface area contributed by atoms with E-state index in [0.29, 0.717) is 18.0 Å². The summed E-state index contributed by atoms with van der Waals surface area (Å²) in [5.41, 5.74) is 6.67. The number of halogens is 1. The van der Waals surface area contributed by atoms with Crippen LogP contribution < -0.4 is 11.1 Å². The van der Waals surface area contributed by atoms with Crippen molar-refractivity contribution in [1.29, 1.82) is 0 Å². The van der Waals surface area contributed by atoms with Gasteiger partial charge in [-0.2, -0.15) is 0 Å². The fraction of sp³-hybridized carbons (Fsp3) is 0.462. The molecule has 0 bridgehead atoms. The fourth-order valence-electron chi connectivity index (χ4n) is 1.51. The molecular weight excluding hydrogens is 236 g/mol. The normalized spacial score (nSPS) is 11.4. The largest absolute Gasteiger partial charge is 0.330 e. The third-order valence-corrected chi connectivity index (χ3v) is 3.31. The number of anilines is 1. The first kappa shape index (κ1) is 14.0. The summed E-state index contributed by atoms with van der Waals surface area (Å²) in [5, 5.41) is 3.55. The zero-order chi connectivity index (χ0) is 13.1. The van der Waals surface area contributed by atoms with Gasteiger partial charge in [-0.1, -0.05) is 31.5 Å². The van der Waals surface area contributed by atoms with Crippen LogP contribution in [0.1, 0.15) is 25.8 Å². The predicted molar refractivity (Wildman–Crippen MR) is 72.3 cm³/mol. The predicted octanol–water partition coefficient (Wildman–Crippen LogP) is 2.96. The van der Waals surface area contributed by atoms with Gasteiger partial charge in [-0.05, 0) is 37.6 Å². The van der Waals surface area contributed by atoms with Crippen LogP contribution in [0.2, 0.25) is 5.02 Å². The van der Waals surface area contributed by atoms with Gasteiger partial charge in [0.2, 0.25) is 5.91 Å². The second-order valence-corrected chi connectivity index (χ2v) is 5.20. The number of carbonyl (C=O) groups is 1. The van der Waals surface area contributed by atoms with Crippen LogP contribution in [0.5, 0.6) is 0 Å². The van der Waals surface area contributed by atoms with Crippen molar-refractivity contribution < 1.29 is 4.79 Å². The molecule has 1 amide bonds. The Bertz CT molecular complexity index is 416. The molecule has 1 aromatic rings. The Morgan fingerprint density at radius 2 is 2.12 bits per heavy atom. The van der Waals surface area contributed by atoms with Crippen molar-refractivity contribution in [2.24, 2.45) is 11.1 Å². The van der Waals surface area contributed by atoms with Crippen molar-refractivity contribution in [3.05, 3.63) is 28.8 Å². The highest BCUT2D eigenvalue weighted by Crippen LogP contribution is 2.26. The minimum absolute atomic E-state index is 0.0340. The molecule has 0 aliphatic heterocycles. The van der Waals surface area contributed by atoms with E-state index in [-0.39, 0.29) is 5.91 Å². The molecule has 0 fully saturated rings. The lowest BCUT2D eigenvalue weighted by atomic mass is 9.88. The summed E-state index contributed by atoms with van der Waals surface area (Å²) in [6.45, 7) is 6.15. The standard InChI is InChI=1S/C13H19ClN2O/c1-9-10(14)5-4-6-11(9)16-12(17)13(2,3)7-8-15/h4-6H,7-8,15H2,1-3H3,(H,16,17). The van der Waals surface area contributed by atoms with Crippen molar-refractivity contribution in [1.82, 2.24) is 0 Å². The van der Waals surface area contributed by atoms with E-state index in [1.54, 1.807) is 6.07 Å². The molecule has 0 radical (unpaired) electrons. The highest BCUT2D eigenvalue weighted by atomic mass is 35.5. The van der Waals surface area contributed by atoms with E-state index in [2.05, 4.69) is 5.32 Å².